The first-order valence-corrected chi connectivity index (χ1v) is 8.61. The Bertz CT molecular complexity index is 1020. The molecule has 0 aromatic heterocycles. The van der Waals surface area contributed by atoms with E-state index in [9.17, 15) is 14.9 Å². The Morgan fingerprint density at radius 3 is 2.30 bits per heavy atom. The molecule has 1 aliphatic rings. The topological polar surface area (TPSA) is 75.5 Å². The molecule has 1 heterocycles. The summed E-state index contributed by atoms with van der Waals surface area (Å²) in [5, 5.41) is 14.9. The number of amides is 1. The summed E-state index contributed by atoms with van der Waals surface area (Å²) in [7, 11) is 0. The molecule has 0 radical (unpaired) electrons. The van der Waals surface area contributed by atoms with Gasteiger partial charge in [0.2, 0.25) is 0 Å². The number of nitro benzene ring substituents is 1. The lowest BCUT2D eigenvalue weighted by atomic mass is 10.0. The zero-order valence-electron chi connectivity index (χ0n) is 14.0. The van der Waals surface area contributed by atoms with Gasteiger partial charge in [0.1, 0.15) is 6.17 Å². The van der Waals surface area contributed by atoms with Crippen LogP contribution < -0.4 is 10.2 Å². The SMILES string of the molecule is O=C1c2ccccc2NC(c2ccc([N+](=O)[O-])cc2)N1c1ccc(Cl)cc1. The minimum Gasteiger partial charge on any atom is -0.360 e. The van der Waals surface area contributed by atoms with Gasteiger partial charge < -0.3 is 5.32 Å². The monoisotopic (exact) mass is 379 g/mol. The number of carbonyl (C=O) groups excluding carboxylic acids is 1. The quantitative estimate of drug-likeness (QED) is 0.512. The lowest BCUT2D eigenvalue weighted by Gasteiger charge is -2.38. The Morgan fingerprint density at radius 2 is 1.63 bits per heavy atom. The van der Waals surface area contributed by atoms with Gasteiger partial charge in [-0.25, -0.2) is 0 Å². The van der Waals surface area contributed by atoms with E-state index in [2.05, 4.69) is 5.32 Å². The van der Waals surface area contributed by atoms with Crippen LogP contribution in [-0.2, 0) is 0 Å². The Balaban J connectivity index is 1.82. The number of halogens is 1. The minimum absolute atomic E-state index is 0.000621. The number of carbonyl (C=O) groups is 1. The maximum Gasteiger partial charge on any atom is 0.269 e. The van der Waals surface area contributed by atoms with Crippen LogP contribution in [0.5, 0.6) is 0 Å². The fraction of sp³-hybridized carbons (Fsp3) is 0.0500. The largest absolute Gasteiger partial charge is 0.360 e. The summed E-state index contributed by atoms with van der Waals surface area (Å²) in [6.07, 6.45) is -0.505. The summed E-state index contributed by atoms with van der Waals surface area (Å²) in [5.74, 6) is -0.157. The van der Waals surface area contributed by atoms with Crippen molar-refractivity contribution in [3.8, 4) is 0 Å². The Labute approximate surface area is 160 Å². The van der Waals surface area contributed by atoms with Crippen molar-refractivity contribution in [1.82, 2.24) is 0 Å². The van der Waals surface area contributed by atoms with Gasteiger partial charge in [-0.15, -0.1) is 0 Å². The van der Waals surface area contributed by atoms with Gasteiger partial charge in [0, 0.05) is 28.5 Å². The van der Waals surface area contributed by atoms with Gasteiger partial charge in [0.05, 0.1) is 10.5 Å². The van der Waals surface area contributed by atoms with Gasteiger partial charge in [0.15, 0.2) is 0 Å². The first kappa shape index (κ1) is 17.1. The molecule has 0 saturated heterocycles. The predicted octanol–water partition coefficient (Wildman–Crippen LogP) is 5.02. The van der Waals surface area contributed by atoms with Crippen molar-refractivity contribution in [2.24, 2.45) is 0 Å². The van der Waals surface area contributed by atoms with Crippen LogP contribution in [-0.4, -0.2) is 10.8 Å². The summed E-state index contributed by atoms with van der Waals surface area (Å²) in [6, 6.07) is 20.4. The molecule has 0 spiro atoms. The van der Waals surface area contributed by atoms with Crippen LogP contribution in [0.4, 0.5) is 17.1 Å². The van der Waals surface area contributed by atoms with Gasteiger partial charge in [-0.3, -0.25) is 19.8 Å². The van der Waals surface area contributed by atoms with E-state index in [0.29, 0.717) is 16.3 Å². The number of nitrogens with one attached hydrogen (secondary N) is 1. The van der Waals surface area contributed by atoms with E-state index in [1.54, 1.807) is 47.4 Å². The van der Waals surface area contributed by atoms with Crippen LogP contribution >= 0.6 is 11.6 Å². The van der Waals surface area contributed by atoms with E-state index in [4.69, 9.17) is 11.6 Å². The molecule has 4 rings (SSSR count). The molecule has 1 amide bonds. The Morgan fingerprint density at radius 1 is 0.963 bits per heavy atom. The van der Waals surface area contributed by atoms with Gasteiger partial charge in [-0.05, 0) is 54.1 Å². The third kappa shape index (κ3) is 3.11. The second-order valence-corrected chi connectivity index (χ2v) is 6.53. The van der Waals surface area contributed by atoms with E-state index in [-0.39, 0.29) is 11.6 Å². The van der Waals surface area contributed by atoms with Crippen molar-refractivity contribution < 1.29 is 9.72 Å². The summed E-state index contributed by atoms with van der Waals surface area (Å²) >= 11 is 5.99. The van der Waals surface area contributed by atoms with Crippen LogP contribution in [0.15, 0.2) is 72.8 Å². The molecule has 0 aliphatic carbocycles. The van der Waals surface area contributed by atoms with Crippen LogP contribution in [0.2, 0.25) is 5.02 Å². The normalized spacial score (nSPS) is 15.8. The molecule has 3 aromatic rings. The second-order valence-electron chi connectivity index (χ2n) is 6.09. The molecule has 3 aromatic carbocycles. The van der Waals surface area contributed by atoms with Crippen molar-refractivity contribution in [3.63, 3.8) is 0 Å². The van der Waals surface area contributed by atoms with Crippen molar-refractivity contribution >= 4 is 34.6 Å². The zero-order chi connectivity index (χ0) is 19.0. The number of non-ortho nitro benzene ring substituents is 1. The van der Waals surface area contributed by atoms with Crippen LogP contribution in [0.3, 0.4) is 0 Å². The molecule has 0 saturated carbocycles. The maximum atomic E-state index is 13.2. The van der Waals surface area contributed by atoms with Crippen molar-refractivity contribution in [3.05, 3.63) is 99.1 Å². The lowest BCUT2D eigenvalue weighted by molar-refractivity contribution is -0.384. The molecular formula is C20H14ClN3O3. The first-order chi connectivity index (χ1) is 13.0. The molecule has 27 heavy (non-hydrogen) atoms. The number of nitrogens with zero attached hydrogens (tertiary/aromatic N) is 2. The number of hydrogen-bond donors (Lipinski definition) is 1. The number of benzene rings is 3. The molecule has 0 fully saturated rings. The molecule has 1 unspecified atom stereocenters. The van der Waals surface area contributed by atoms with Crippen LogP contribution in [0.1, 0.15) is 22.1 Å². The van der Waals surface area contributed by atoms with Gasteiger partial charge in [-0.1, -0.05) is 23.7 Å². The maximum absolute atomic E-state index is 13.2. The molecular weight excluding hydrogens is 366 g/mol. The molecule has 7 heteroatoms. The molecule has 1 N–H and O–H groups in total. The van der Waals surface area contributed by atoms with Gasteiger partial charge in [0.25, 0.3) is 11.6 Å². The summed E-state index contributed by atoms with van der Waals surface area (Å²) in [4.78, 5) is 25.3. The Kier molecular flexibility index (Phi) is 4.25. The third-order valence-electron chi connectivity index (χ3n) is 4.45. The zero-order valence-corrected chi connectivity index (χ0v) is 14.8. The highest BCUT2D eigenvalue weighted by Gasteiger charge is 2.34. The number of para-hydroxylation sites is 1. The Hall–Kier alpha value is -3.38. The van der Waals surface area contributed by atoms with E-state index >= 15 is 0 Å². The molecule has 1 aliphatic heterocycles. The number of hydrogen-bond acceptors (Lipinski definition) is 4. The predicted molar refractivity (Wildman–Crippen MR) is 104 cm³/mol. The van der Waals surface area contributed by atoms with Gasteiger partial charge >= 0.3 is 0 Å². The average molecular weight is 380 g/mol. The molecule has 134 valence electrons. The molecule has 1 atom stereocenters. The highest BCUT2D eigenvalue weighted by atomic mass is 35.5. The summed E-state index contributed by atoms with van der Waals surface area (Å²) in [5.41, 5.74) is 2.69. The first-order valence-electron chi connectivity index (χ1n) is 8.23. The standard InChI is InChI=1S/C20H14ClN3O3/c21-14-7-11-15(12-8-14)23-19(13-5-9-16(10-6-13)24(26)27)22-18-4-2-1-3-17(18)20(23)25/h1-12,19,22H. The smallest absolute Gasteiger partial charge is 0.269 e. The molecule has 0 bridgehead atoms. The lowest BCUT2D eigenvalue weighted by Crippen LogP contribution is -2.43. The number of rotatable bonds is 3. The van der Waals surface area contributed by atoms with Crippen LogP contribution in [0.25, 0.3) is 0 Å². The van der Waals surface area contributed by atoms with Crippen LogP contribution in [0, 0.1) is 10.1 Å². The number of anilines is 2. The highest BCUT2D eigenvalue weighted by Crippen LogP contribution is 2.37. The van der Waals surface area contributed by atoms with E-state index in [1.165, 1.54) is 12.1 Å². The van der Waals surface area contributed by atoms with Crippen molar-refractivity contribution in [2.45, 2.75) is 6.17 Å². The molecule has 6 nitrogen and oxygen atoms in total. The average Bonchev–Trinajstić information content (AvgIpc) is 2.69. The minimum atomic E-state index is -0.505. The third-order valence-corrected chi connectivity index (χ3v) is 4.70. The van der Waals surface area contributed by atoms with E-state index in [1.807, 2.05) is 18.2 Å². The van der Waals surface area contributed by atoms with E-state index in [0.717, 1.165) is 11.3 Å². The van der Waals surface area contributed by atoms with Crippen molar-refractivity contribution in [1.29, 1.82) is 0 Å². The second kappa shape index (κ2) is 6.74. The summed E-state index contributed by atoms with van der Waals surface area (Å²) in [6.45, 7) is 0. The fourth-order valence-electron chi connectivity index (χ4n) is 3.13. The number of nitro groups is 1. The number of fused-ring (bicyclic) bond motifs is 1. The fourth-order valence-corrected chi connectivity index (χ4v) is 3.26. The van der Waals surface area contributed by atoms with Gasteiger partial charge in [-0.2, -0.15) is 0 Å². The van der Waals surface area contributed by atoms with E-state index < -0.39 is 11.1 Å². The highest BCUT2D eigenvalue weighted by molar-refractivity contribution is 6.30. The summed E-state index contributed by atoms with van der Waals surface area (Å²) < 4.78 is 0. The van der Waals surface area contributed by atoms with Crippen molar-refractivity contribution in [2.75, 3.05) is 10.2 Å².